The average Bonchev–Trinajstić information content (AvgIpc) is 2.49. The highest BCUT2D eigenvalue weighted by atomic mass is 35.5. The van der Waals surface area contributed by atoms with Crippen LogP contribution in [0.1, 0.15) is 17.2 Å². The standard InChI is InChI=1S/C17H21ClN2O/c1-20(12-13-6-8-16(21-2)9-7-13)17(11-19)14-4-3-5-15(18)10-14/h3-10,17H,11-12,19H2,1-2H3. The van der Waals surface area contributed by atoms with Crippen molar-refractivity contribution < 1.29 is 4.74 Å². The summed E-state index contributed by atoms with van der Waals surface area (Å²) in [6, 6.07) is 16.1. The van der Waals surface area contributed by atoms with E-state index in [4.69, 9.17) is 22.1 Å². The molecule has 0 aliphatic rings. The van der Waals surface area contributed by atoms with Crippen LogP contribution in [0.4, 0.5) is 0 Å². The summed E-state index contributed by atoms with van der Waals surface area (Å²) in [7, 11) is 3.74. The van der Waals surface area contributed by atoms with Crippen molar-refractivity contribution in [3.05, 3.63) is 64.7 Å². The van der Waals surface area contributed by atoms with Crippen molar-refractivity contribution >= 4 is 11.6 Å². The molecule has 0 aliphatic carbocycles. The number of methoxy groups -OCH3 is 1. The quantitative estimate of drug-likeness (QED) is 0.888. The predicted molar refractivity (Wildman–Crippen MR) is 87.7 cm³/mol. The summed E-state index contributed by atoms with van der Waals surface area (Å²) in [5.41, 5.74) is 8.31. The molecule has 1 unspecified atom stereocenters. The molecule has 21 heavy (non-hydrogen) atoms. The van der Waals surface area contributed by atoms with Crippen LogP contribution in [0.15, 0.2) is 48.5 Å². The van der Waals surface area contributed by atoms with Crippen LogP contribution in [0.3, 0.4) is 0 Å². The average molecular weight is 305 g/mol. The molecule has 2 aromatic rings. The number of ether oxygens (including phenoxy) is 1. The van der Waals surface area contributed by atoms with Crippen molar-refractivity contribution in [1.82, 2.24) is 4.90 Å². The molecule has 3 nitrogen and oxygen atoms in total. The molecule has 2 aromatic carbocycles. The van der Waals surface area contributed by atoms with Gasteiger partial charge in [-0.3, -0.25) is 4.90 Å². The lowest BCUT2D eigenvalue weighted by molar-refractivity contribution is 0.241. The summed E-state index contributed by atoms with van der Waals surface area (Å²) in [6.45, 7) is 1.37. The van der Waals surface area contributed by atoms with Crippen LogP contribution in [0.5, 0.6) is 5.75 Å². The van der Waals surface area contributed by atoms with Crippen LogP contribution in [-0.2, 0) is 6.54 Å². The highest BCUT2D eigenvalue weighted by Gasteiger charge is 2.16. The number of likely N-dealkylation sites (N-methyl/N-ethyl adjacent to an activating group) is 1. The second kappa shape index (κ2) is 7.46. The minimum atomic E-state index is 0.144. The fourth-order valence-corrected chi connectivity index (χ4v) is 2.61. The van der Waals surface area contributed by atoms with Gasteiger partial charge in [-0.15, -0.1) is 0 Å². The van der Waals surface area contributed by atoms with E-state index in [0.29, 0.717) is 6.54 Å². The summed E-state index contributed by atoms with van der Waals surface area (Å²) < 4.78 is 5.18. The minimum Gasteiger partial charge on any atom is -0.497 e. The first-order chi connectivity index (χ1) is 10.1. The van der Waals surface area contributed by atoms with Gasteiger partial charge in [0.25, 0.3) is 0 Å². The number of hydrogen-bond acceptors (Lipinski definition) is 3. The maximum absolute atomic E-state index is 6.07. The van der Waals surface area contributed by atoms with E-state index in [1.807, 2.05) is 30.3 Å². The van der Waals surface area contributed by atoms with Crippen molar-refractivity contribution in [3.63, 3.8) is 0 Å². The van der Waals surface area contributed by atoms with Gasteiger partial charge in [0.05, 0.1) is 7.11 Å². The third-order valence-electron chi connectivity index (χ3n) is 3.58. The summed E-state index contributed by atoms with van der Waals surface area (Å²) in [4.78, 5) is 2.23. The van der Waals surface area contributed by atoms with Gasteiger partial charge < -0.3 is 10.5 Å². The molecule has 0 fully saturated rings. The van der Waals surface area contributed by atoms with Crippen molar-refractivity contribution in [1.29, 1.82) is 0 Å². The topological polar surface area (TPSA) is 38.5 Å². The van der Waals surface area contributed by atoms with E-state index < -0.39 is 0 Å². The van der Waals surface area contributed by atoms with Gasteiger partial charge in [-0.05, 0) is 42.4 Å². The third-order valence-corrected chi connectivity index (χ3v) is 3.81. The molecule has 0 heterocycles. The molecular formula is C17H21ClN2O. The monoisotopic (exact) mass is 304 g/mol. The van der Waals surface area contributed by atoms with Gasteiger partial charge >= 0.3 is 0 Å². The van der Waals surface area contributed by atoms with Gasteiger partial charge in [-0.2, -0.15) is 0 Å². The first-order valence-corrected chi connectivity index (χ1v) is 7.30. The van der Waals surface area contributed by atoms with Crippen LogP contribution in [0.2, 0.25) is 5.02 Å². The molecule has 2 rings (SSSR count). The summed E-state index contributed by atoms with van der Waals surface area (Å²) in [6.07, 6.45) is 0. The lowest BCUT2D eigenvalue weighted by Gasteiger charge is -2.27. The first-order valence-electron chi connectivity index (χ1n) is 6.92. The number of rotatable bonds is 6. The Kier molecular flexibility index (Phi) is 5.62. The number of benzene rings is 2. The molecule has 112 valence electrons. The van der Waals surface area contributed by atoms with E-state index in [2.05, 4.69) is 30.1 Å². The zero-order chi connectivity index (χ0) is 15.2. The molecule has 0 saturated carbocycles. The molecule has 0 saturated heterocycles. The highest BCUT2D eigenvalue weighted by molar-refractivity contribution is 6.30. The molecule has 0 bridgehead atoms. The second-order valence-electron chi connectivity index (χ2n) is 5.07. The van der Waals surface area contributed by atoms with E-state index in [-0.39, 0.29) is 6.04 Å². The van der Waals surface area contributed by atoms with Gasteiger partial charge in [0, 0.05) is 24.2 Å². The normalized spacial score (nSPS) is 12.4. The van der Waals surface area contributed by atoms with Gasteiger partial charge in [-0.25, -0.2) is 0 Å². The SMILES string of the molecule is COc1ccc(CN(C)C(CN)c2cccc(Cl)c2)cc1. The third kappa shape index (κ3) is 4.21. The van der Waals surface area contributed by atoms with Crippen LogP contribution < -0.4 is 10.5 Å². The van der Waals surface area contributed by atoms with Crippen LogP contribution in [0, 0.1) is 0 Å². The van der Waals surface area contributed by atoms with Crippen molar-refractivity contribution in [3.8, 4) is 5.75 Å². The van der Waals surface area contributed by atoms with Crippen LogP contribution in [-0.4, -0.2) is 25.6 Å². The smallest absolute Gasteiger partial charge is 0.118 e. The van der Waals surface area contributed by atoms with E-state index in [9.17, 15) is 0 Å². The molecule has 1 atom stereocenters. The molecule has 0 aromatic heterocycles. The summed E-state index contributed by atoms with van der Waals surface area (Å²) in [5, 5.41) is 0.740. The lowest BCUT2D eigenvalue weighted by atomic mass is 10.0. The second-order valence-corrected chi connectivity index (χ2v) is 5.51. The molecule has 0 aliphatic heterocycles. The van der Waals surface area contributed by atoms with E-state index in [0.717, 1.165) is 22.9 Å². The maximum Gasteiger partial charge on any atom is 0.118 e. The Labute approximate surface area is 131 Å². The van der Waals surface area contributed by atoms with Gasteiger partial charge in [0.15, 0.2) is 0 Å². The Balaban J connectivity index is 2.10. The molecule has 0 amide bonds. The van der Waals surface area contributed by atoms with E-state index in [1.54, 1.807) is 7.11 Å². The van der Waals surface area contributed by atoms with Crippen molar-refractivity contribution in [2.45, 2.75) is 12.6 Å². The zero-order valence-corrected chi connectivity index (χ0v) is 13.2. The predicted octanol–water partition coefficient (Wildman–Crippen LogP) is 3.48. The van der Waals surface area contributed by atoms with Gasteiger partial charge in [0.2, 0.25) is 0 Å². The van der Waals surface area contributed by atoms with E-state index in [1.165, 1.54) is 5.56 Å². The number of nitrogens with zero attached hydrogens (tertiary/aromatic N) is 1. The maximum atomic E-state index is 6.07. The molecule has 0 spiro atoms. The Morgan fingerprint density at radius 1 is 1.19 bits per heavy atom. The fourth-order valence-electron chi connectivity index (χ4n) is 2.41. The van der Waals surface area contributed by atoms with Crippen molar-refractivity contribution in [2.75, 3.05) is 20.7 Å². The van der Waals surface area contributed by atoms with Gasteiger partial charge in [0.1, 0.15) is 5.75 Å². The Hall–Kier alpha value is -1.55. The molecule has 4 heteroatoms. The van der Waals surface area contributed by atoms with Crippen LogP contribution in [0.25, 0.3) is 0 Å². The molecule has 0 radical (unpaired) electrons. The Bertz CT molecular complexity index is 571. The number of halogens is 1. The first kappa shape index (κ1) is 15.8. The zero-order valence-electron chi connectivity index (χ0n) is 12.4. The molecular weight excluding hydrogens is 284 g/mol. The largest absolute Gasteiger partial charge is 0.497 e. The van der Waals surface area contributed by atoms with Gasteiger partial charge in [-0.1, -0.05) is 35.9 Å². The lowest BCUT2D eigenvalue weighted by Crippen LogP contribution is -2.30. The Morgan fingerprint density at radius 2 is 1.90 bits per heavy atom. The molecule has 2 N–H and O–H groups in total. The Morgan fingerprint density at radius 3 is 2.48 bits per heavy atom. The summed E-state index contributed by atoms with van der Waals surface area (Å²) >= 11 is 6.07. The number of nitrogens with two attached hydrogens (primary N) is 1. The van der Waals surface area contributed by atoms with E-state index >= 15 is 0 Å². The highest BCUT2D eigenvalue weighted by Crippen LogP contribution is 2.23. The number of hydrogen-bond donors (Lipinski definition) is 1. The summed E-state index contributed by atoms with van der Waals surface area (Å²) in [5.74, 6) is 0.867. The minimum absolute atomic E-state index is 0.144. The van der Waals surface area contributed by atoms with Crippen molar-refractivity contribution in [2.24, 2.45) is 5.73 Å². The van der Waals surface area contributed by atoms with Crippen LogP contribution >= 0.6 is 11.6 Å². The fraction of sp³-hybridized carbons (Fsp3) is 0.294.